The zero-order valence-electron chi connectivity index (χ0n) is 16.1. The molecule has 2 N–H and O–H groups in total. The topological polar surface area (TPSA) is 78.1 Å². The van der Waals surface area contributed by atoms with Crippen molar-refractivity contribution in [3.8, 4) is 23.0 Å². The fourth-order valence-electron chi connectivity index (χ4n) is 2.62. The minimum atomic E-state index is -0.157. The first-order chi connectivity index (χ1) is 13.1. The van der Waals surface area contributed by atoms with E-state index in [1.807, 2.05) is 24.3 Å². The Morgan fingerprint density at radius 3 is 2.22 bits per heavy atom. The molecule has 0 radical (unpaired) electrons. The Labute approximate surface area is 159 Å². The Kier molecular flexibility index (Phi) is 7.76. The SMILES string of the molecule is COc1cccc(CCNCC(=O)Nc2cc(OC)c(OC)c(OC)c2)c1. The van der Waals surface area contributed by atoms with Crippen LogP contribution in [0.25, 0.3) is 0 Å². The molecule has 0 saturated carbocycles. The summed E-state index contributed by atoms with van der Waals surface area (Å²) in [5.41, 5.74) is 1.72. The predicted molar refractivity (Wildman–Crippen MR) is 104 cm³/mol. The summed E-state index contributed by atoms with van der Waals surface area (Å²) in [5.74, 6) is 2.12. The largest absolute Gasteiger partial charge is 0.497 e. The Balaban J connectivity index is 1.86. The van der Waals surface area contributed by atoms with E-state index in [1.165, 1.54) is 21.3 Å². The van der Waals surface area contributed by atoms with Crippen molar-refractivity contribution < 1.29 is 23.7 Å². The highest BCUT2D eigenvalue weighted by molar-refractivity contribution is 5.93. The van der Waals surface area contributed by atoms with Crippen LogP contribution in [0.4, 0.5) is 5.69 Å². The van der Waals surface area contributed by atoms with Crippen molar-refractivity contribution >= 4 is 11.6 Å². The van der Waals surface area contributed by atoms with Crippen LogP contribution in [0, 0.1) is 0 Å². The van der Waals surface area contributed by atoms with Crippen molar-refractivity contribution in [2.45, 2.75) is 6.42 Å². The van der Waals surface area contributed by atoms with Crippen molar-refractivity contribution in [3.05, 3.63) is 42.0 Å². The summed E-state index contributed by atoms with van der Waals surface area (Å²) in [6, 6.07) is 11.2. The molecule has 7 nitrogen and oxygen atoms in total. The standard InChI is InChI=1S/C20H26N2O5/c1-24-16-7-5-6-14(10-16)8-9-21-13-19(23)22-15-11-17(25-2)20(27-4)18(12-15)26-3/h5-7,10-12,21H,8-9,13H2,1-4H3,(H,22,23). The third-order valence-electron chi connectivity index (χ3n) is 3.96. The normalized spacial score (nSPS) is 10.2. The summed E-state index contributed by atoms with van der Waals surface area (Å²) in [4.78, 5) is 12.2. The van der Waals surface area contributed by atoms with Crippen LogP contribution in [0.1, 0.15) is 5.56 Å². The lowest BCUT2D eigenvalue weighted by atomic mass is 10.1. The van der Waals surface area contributed by atoms with Crippen molar-refractivity contribution in [2.24, 2.45) is 0 Å². The van der Waals surface area contributed by atoms with Crippen LogP contribution in [0.3, 0.4) is 0 Å². The second-order valence-corrected chi connectivity index (χ2v) is 5.74. The minimum absolute atomic E-state index is 0.157. The van der Waals surface area contributed by atoms with Crippen molar-refractivity contribution in [1.29, 1.82) is 0 Å². The molecule has 0 bridgehead atoms. The second kappa shape index (κ2) is 10.3. The van der Waals surface area contributed by atoms with Crippen LogP contribution in [0.15, 0.2) is 36.4 Å². The number of anilines is 1. The number of hydrogen-bond donors (Lipinski definition) is 2. The summed E-state index contributed by atoms with van der Waals surface area (Å²) in [6.45, 7) is 0.871. The monoisotopic (exact) mass is 374 g/mol. The molecule has 146 valence electrons. The zero-order chi connectivity index (χ0) is 19.6. The van der Waals surface area contributed by atoms with Crippen LogP contribution in [0.5, 0.6) is 23.0 Å². The maximum atomic E-state index is 12.2. The first-order valence-corrected chi connectivity index (χ1v) is 8.54. The van der Waals surface area contributed by atoms with Crippen LogP contribution < -0.4 is 29.6 Å². The van der Waals surface area contributed by atoms with Gasteiger partial charge >= 0.3 is 0 Å². The lowest BCUT2D eigenvalue weighted by Crippen LogP contribution is -2.29. The predicted octanol–water partition coefficient (Wildman–Crippen LogP) is 2.49. The highest BCUT2D eigenvalue weighted by Crippen LogP contribution is 2.39. The molecule has 0 atom stereocenters. The average molecular weight is 374 g/mol. The van der Waals surface area contributed by atoms with Crippen LogP contribution in [-0.2, 0) is 11.2 Å². The molecule has 0 aliphatic heterocycles. The zero-order valence-corrected chi connectivity index (χ0v) is 16.1. The fraction of sp³-hybridized carbons (Fsp3) is 0.350. The molecule has 0 aromatic heterocycles. The van der Waals surface area contributed by atoms with Crippen molar-refractivity contribution in [1.82, 2.24) is 5.32 Å². The molecule has 27 heavy (non-hydrogen) atoms. The summed E-state index contributed by atoms with van der Waals surface area (Å²) >= 11 is 0. The summed E-state index contributed by atoms with van der Waals surface area (Å²) in [7, 11) is 6.24. The summed E-state index contributed by atoms with van der Waals surface area (Å²) < 4.78 is 21.0. The van der Waals surface area contributed by atoms with Gasteiger partial charge in [0.2, 0.25) is 11.7 Å². The molecule has 0 spiro atoms. The van der Waals surface area contributed by atoms with E-state index >= 15 is 0 Å². The Morgan fingerprint density at radius 2 is 1.63 bits per heavy atom. The van der Waals surface area contributed by atoms with E-state index in [-0.39, 0.29) is 12.5 Å². The van der Waals surface area contributed by atoms with Gasteiger partial charge in [0, 0.05) is 17.8 Å². The Hall–Kier alpha value is -2.93. The fourth-order valence-corrected chi connectivity index (χ4v) is 2.62. The third-order valence-corrected chi connectivity index (χ3v) is 3.96. The van der Waals surface area contributed by atoms with Gasteiger partial charge in [0.05, 0.1) is 35.0 Å². The number of rotatable bonds is 10. The van der Waals surface area contributed by atoms with Crippen LogP contribution >= 0.6 is 0 Å². The van der Waals surface area contributed by atoms with Gasteiger partial charge in [-0.1, -0.05) is 12.1 Å². The van der Waals surface area contributed by atoms with Crippen LogP contribution in [-0.4, -0.2) is 47.4 Å². The number of benzene rings is 2. The first kappa shape index (κ1) is 20.4. The van der Waals surface area contributed by atoms with Gasteiger partial charge < -0.3 is 29.6 Å². The molecule has 0 fully saturated rings. The Morgan fingerprint density at radius 1 is 0.926 bits per heavy atom. The van der Waals surface area contributed by atoms with Gasteiger partial charge in [-0.15, -0.1) is 0 Å². The maximum Gasteiger partial charge on any atom is 0.238 e. The van der Waals surface area contributed by atoms with Crippen LogP contribution in [0.2, 0.25) is 0 Å². The Bertz CT molecular complexity index is 739. The van der Waals surface area contributed by atoms with E-state index in [1.54, 1.807) is 19.2 Å². The molecule has 2 aromatic carbocycles. The van der Waals surface area contributed by atoms with Gasteiger partial charge in [-0.25, -0.2) is 0 Å². The smallest absolute Gasteiger partial charge is 0.238 e. The highest BCUT2D eigenvalue weighted by Gasteiger charge is 2.14. The molecule has 0 heterocycles. The lowest BCUT2D eigenvalue weighted by molar-refractivity contribution is -0.115. The molecule has 0 saturated heterocycles. The molecule has 1 amide bonds. The van der Waals surface area contributed by atoms with Crippen molar-refractivity contribution in [2.75, 3.05) is 46.8 Å². The van der Waals surface area contributed by atoms with Gasteiger partial charge in [-0.2, -0.15) is 0 Å². The lowest BCUT2D eigenvalue weighted by Gasteiger charge is -2.14. The molecule has 0 aliphatic rings. The highest BCUT2D eigenvalue weighted by atomic mass is 16.5. The van der Waals surface area contributed by atoms with Gasteiger partial charge in [-0.3, -0.25) is 4.79 Å². The number of carbonyl (C=O) groups excluding carboxylic acids is 1. The van der Waals surface area contributed by atoms with Gasteiger partial charge in [-0.05, 0) is 30.7 Å². The van der Waals surface area contributed by atoms with E-state index in [9.17, 15) is 4.79 Å². The number of amides is 1. The third kappa shape index (κ3) is 5.79. The number of methoxy groups -OCH3 is 4. The molecular weight excluding hydrogens is 348 g/mol. The van der Waals surface area contributed by atoms with E-state index in [0.717, 1.165) is 17.7 Å². The molecular formula is C20H26N2O5. The number of nitrogens with one attached hydrogen (secondary N) is 2. The van der Waals surface area contributed by atoms with Gasteiger partial charge in [0.15, 0.2) is 11.5 Å². The molecule has 2 aromatic rings. The van der Waals surface area contributed by atoms with E-state index in [2.05, 4.69) is 10.6 Å². The van der Waals surface area contributed by atoms with E-state index in [0.29, 0.717) is 29.5 Å². The number of carbonyl (C=O) groups is 1. The second-order valence-electron chi connectivity index (χ2n) is 5.74. The number of ether oxygens (including phenoxy) is 4. The molecule has 0 aliphatic carbocycles. The van der Waals surface area contributed by atoms with Gasteiger partial charge in [0.25, 0.3) is 0 Å². The maximum absolute atomic E-state index is 12.2. The number of hydrogen-bond acceptors (Lipinski definition) is 6. The first-order valence-electron chi connectivity index (χ1n) is 8.54. The van der Waals surface area contributed by atoms with Crippen molar-refractivity contribution in [3.63, 3.8) is 0 Å². The molecule has 7 heteroatoms. The summed E-state index contributed by atoms with van der Waals surface area (Å²) in [5, 5.41) is 5.95. The molecule has 0 unspecified atom stereocenters. The molecule has 2 rings (SSSR count). The minimum Gasteiger partial charge on any atom is -0.497 e. The quantitative estimate of drug-likeness (QED) is 0.622. The van der Waals surface area contributed by atoms with E-state index in [4.69, 9.17) is 18.9 Å². The average Bonchev–Trinajstić information content (AvgIpc) is 2.70. The van der Waals surface area contributed by atoms with Gasteiger partial charge in [0.1, 0.15) is 5.75 Å². The van der Waals surface area contributed by atoms with E-state index < -0.39 is 0 Å². The summed E-state index contributed by atoms with van der Waals surface area (Å²) in [6.07, 6.45) is 0.800.